The van der Waals surface area contributed by atoms with Crippen LogP contribution in [-0.2, 0) is 14.8 Å². The summed E-state index contributed by atoms with van der Waals surface area (Å²) in [7, 11) is -3.84. The van der Waals surface area contributed by atoms with Gasteiger partial charge in [0.1, 0.15) is 5.56 Å². The highest BCUT2D eigenvalue weighted by molar-refractivity contribution is 8.13. The number of nitrogens with zero attached hydrogens (tertiary/aromatic N) is 2. The van der Waals surface area contributed by atoms with Crippen molar-refractivity contribution in [1.29, 1.82) is 0 Å². The number of hydrogen-bond acceptors (Lipinski definition) is 7. The van der Waals surface area contributed by atoms with Gasteiger partial charge in [-0.2, -0.15) is 4.31 Å². The number of nitro benzene ring substituents is 1. The van der Waals surface area contributed by atoms with Crippen LogP contribution in [0.25, 0.3) is 0 Å². The lowest BCUT2D eigenvalue weighted by atomic mass is 10.1. The first-order valence-corrected chi connectivity index (χ1v) is 11.0. The third-order valence-corrected chi connectivity index (χ3v) is 6.99. The van der Waals surface area contributed by atoms with E-state index in [1.165, 1.54) is 36.4 Å². The Morgan fingerprint density at radius 1 is 1.21 bits per heavy atom. The van der Waals surface area contributed by atoms with Gasteiger partial charge < -0.3 is 5.32 Å². The lowest BCUT2D eigenvalue weighted by Gasteiger charge is -2.24. The van der Waals surface area contributed by atoms with Gasteiger partial charge in [0.15, 0.2) is 0 Å². The maximum atomic E-state index is 12.6. The van der Waals surface area contributed by atoms with Crippen LogP contribution < -0.4 is 5.32 Å². The largest absolute Gasteiger partial charge is 0.322 e. The summed E-state index contributed by atoms with van der Waals surface area (Å²) >= 11 is 6.92. The van der Waals surface area contributed by atoms with Gasteiger partial charge in [-0.3, -0.25) is 19.7 Å². The number of anilines is 1. The fourth-order valence-electron chi connectivity index (χ4n) is 2.64. The summed E-state index contributed by atoms with van der Waals surface area (Å²) in [6.07, 6.45) is 0. The van der Waals surface area contributed by atoms with Gasteiger partial charge in [0, 0.05) is 29.1 Å². The predicted molar refractivity (Wildman–Crippen MR) is 109 cm³/mol. The van der Waals surface area contributed by atoms with Crippen LogP contribution in [0, 0.1) is 10.1 Å². The Labute approximate surface area is 175 Å². The number of carbonyl (C=O) groups is 2. The number of carbonyl (C=O) groups excluding carboxylic acids is 2. The van der Waals surface area contributed by atoms with Gasteiger partial charge >= 0.3 is 0 Å². The van der Waals surface area contributed by atoms with Crippen molar-refractivity contribution in [1.82, 2.24) is 4.31 Å². The maximum absolute atomic E-state index is 12.6. The van der Waals surface area contributed by atoms with E-state index < -0.39 is 26.5 Å². The Hall–Kier alpha value is -2.47. The van der Waals surface area contributed by atoms with Crippen LogP contribution >= 0.6 is 23.4 Å². The summed E-state index contributed by atoms with van der Waals surface area (Å²) < 4.78 is 26.4. The number of thioether (sulfide) groups is 1. The molecule has 1 fully saturated rings. The minimum absolute atomic E-state index is 0.0241. The third-order valence-electron chi connectivity index (χ3n) is 4.06. The van der Waals surface area contributed by atoms with Crippen LogP contribution in [-0.4, -0.2) is 47.5 Å². The molecule has 1 heterocycles. The number of benzene rings is 2. The first kappa shape index (κ1) is 21.2. The van der Waals surface area contributed by atoms with Gasteiger partial charge in [-0.05, 0) is 36.4 Å². The van der Waals surface area contributed by atoms with Crippen molar-refractivity contribution in [3.8, 4) is 0 Å². The number of nitrogens with one attached hydrogen (secondary N) is 1. The fourth-order valence-corrected chi connectivity index (χ4v) is 5.20. The molecule has 2 aromatic rings. The minimum Gasteiger partial charge on any atom is -0.322 e. The van der Waals surface area contributed by atoms with Crippen LogP contribution in [0.4, 0.5) is 11.4 Å². The molecular formula is C17H14ClN3O6S2. The van der Waals surface area contributed by atoms with Crippen molar-refractivity contribution < 1.29 is 22.9 Å². The molecule has 12 heteroatoms. The lowest BCUT2D eigenvalue weighted by Crippen LogP contribution is -2.40. The van der Waals surface area contributed by atoms with Gasteiger partial charge in [0.05, 0.1) is 16.4 Å². The predicted octanol–water partition coefficient (Wildman–Crippen LogP) is 2.76. The number of halogens is 1. The van der Waals surface area contributed by atoms with Crippen LogP contribution in [0.5, 0.6) is 0 Å². The first-order valence-electron chi connectivity index (χ1n) is 8.19. The van der Waals surface area contributed by atoms with Crippen molar-refractivity contribution in [2.45, 2.75) is 4.90 Å². The van der Waals surface area contributed by atoms with E-state index in [0.29, 0.717) is 5.75 Å². The molecule has 0 spiro atoms. The normalized spacial score (nSPS) is 15.1. The summed E-state index contributed by atoms with van der Waals surface area (Å²) in [4.78, 5) is 34.3. The van der Waals surface area contributed by atoms with Crippen molar-refractivity contribution in [3.05, 3.63) is 63.2 Å². The molecule has 0 bridgehead atoms. The fraction of sp³-hybridized carbons (Fsp3) is 0.176. The molecule has 0 aliphatic carbocycles. The van der Waals surface area contributed by atoms with Crippen molar-refractivity contribution >= 4 is 55.8 Å². The third kappa shape index (κ3) is 4.75. The number of nitro groups is 1. The standard InChI is InChI=1S/C17H14ClN3O6S2/c18-11-1-6-15(21(24)25)14(9-11)17(23)19-12-2-4-13(5-3-12)29(26,27)20-7-8-28-16(22)10-20/h1-6,9H,7-8,10H2,(H,19,23). The van der Waals surface area contributed by atoms with Crippen LogP contribution in [0.15, 0.2) is 47.4 Å². The van der Waals surface area contributed by atoms with Gasteiger partial charge in [0.25, 0.3) is 11.6 Å². The summed E-state index contributed by atoms with van der Waals surface area (Å²) in [6, 6.07) is 8.93. The van der Waals surface area contributed by atoms with E-state index >= 15 is 0 Å². The molecule has 29 heavy (non-hydrogen) atoms. The maximum Gasteiger partial charge on any atom is 0.282 e. The number of sulfonamides is 1. The number of rotatable bonds is 5. The van der Waals surface area contributed by atoms with Crippen molar-refractivity contribution in [2.75, 3.05) is 24.2 Å². The zero-order valence-electron chi connectivity index (χ0n) is 14.7. The Balaban J connectivity index is 1.79. The van der Waals surface area contributed by atoms with E-state index in [4.69, 9.17) is 11.6 Å². The van der Waals surface area contributed by atoms with E-state index in [1.807, 2.05) is 0 Å². The second-order valence-electron chi connectivity index (χ2n) is 5.96. The zero-order valence-corrected chi connectivity index (χ0v) is 17.1. The minimum atomic E-state index is -3.84. The van der Waals surface area contributed by atoms with Gasteiger partial charge in [0.2, 0.25) is 15.1 Å². The molecule has 0 unspecified atom stereocenters. The second-order valence-corrected chi connectivity index (χ2v) is 9.48. The highest BCUT2D eigenvalue weighted by Crippen LogP contribution is 2.25. The smallest absolute Gasteiger partial charge is 0.282 e. The van der Waals surface area contributed by atoms with Crippen LogP contribution in [0.1, 0.15) is 10.4 Å². The van der Waals surface area contributed by atoms with Crippen LogP contribution in [0.2, 0.25) is 5.02 Å². The highest BCUT2D eigenvalue weighted by Gasteiger charge is 2.29. The molecule has 0 radical (unpaired) electrons. The second kappa shape index (κ2) is 8.49. The van der Waals surface area contributed by atoms with E-state index in [2.05, 4.69) is 5.32 Å². The Morgan fingerprint density at radius 2 is 1.90 bits per heavy atom. The monoisotopic (exact) mass is 455 g/mol. The molecule has 1 amide bonds. The first-order chi connectivity index (χ1) is 13.7. The summed E-state index contributed by atoms with van der Waals surface area (Å²) in [5.41, 5.74) is -0.379. The van der Waals surface area contributed by atoms with Gasteiger partial charge in [-0.15, -0.1) is 0 Å². The quantitative estimate of drug-likeness (QED) is 0.542. The number of amides is 1. The summed E-state index contributed by atoms with van der Waals surface area (Å²) in [5, 5.41) is 13.5. The molecular weight excluding hydrogens is 442 g/mol. The molecule has 0 aromatic heterocycles. The SMILES string of the molecule is O=C1CN(S(=O)(=O)c2ccc(NC(=O)c3cc(Cl)ccc3[N+](=O)[O-])cc2)CCS1. The molecule has 0 saturated carbocycles. The average molecular weight is 456 g/mol. The molecule has 1 N–H and O–H groups in total. The van der Waals surface area contributed by atoms with Crippen LogP contribution in [0.3, 0.4) is 0 Å². The molecule has 2 aromatic carbocycles. The van der Waals surface area contributed by atoms with E-state index in [0.717, 1.165) is 22.1 Å². The lowest BCUT2D eigenvalue weighted by molar-refractivity contribution is -0.385. The molecule has 9 nitrogen and oxygen atoms in total. The van der Waals surface area contributed by atoms with Gasteiger partial charge in [-0.25, -0.2) is 8.42 Å². The van der Waals surface area contributed by atoms with Crippen molar-refractivity contribution in [3.63, 3.8) is 0 Å². The van der Waals surface area contributed by atoms with Gasteiger partial charge in [-0.1, -0.05) is 23.4 Å². The van der Waals surface area contributed by atoms with Crippen molar-refractivity contribution in [2.24, 2.45) is 0 Å². The van der Waals surface area contributed by atoms with E-state index in [1.54, 1.807) is 0 Å². The molecule has 1 saturated heterocycles. The Bertz CT molecular complexity index is 1090. The Morgan fingerprint density at radius 3 is 2.52 bits per heavy atom. The summed E-state index contributed by atoms with van der Waals surface area (Å²) in [5.74, 6) is -0.363. The highest BCUT2D eigenvalue weighted by atomic mass is 35.5. The molecule has 0 atom stereocenters. The average Bonchev–Trinajstić information content (AvgIpc) is 2.68. The Kier molecular flexibility index (Phi) is 6.22. The topological polar surface area (TPSA) is 127 Å². The summed E-state index contributed by atoms with van der Waals surface area (Å²) in [6.45, 7) is 0.0413. The van der Waals surface area contributed by atoms with E-state index in [-0.39, 0.29) is 39.4 Å². The molecule has 1 aliphatic rings. The molecule has 1 aliphatic heterocycles. The molecule has 3 rings (SSSR count). The number of hydrogen-bond donors (Lipinski definition) is 1. The van der Waals surface area contributed by atoms with E-state index in [9.17, 15) is 28.1 Å². The molecule has 152 valence electrons. The zero-order chi connectivity index (χ0) is 21.2.